The number of nitrogens with zero attached hydrogens (tertiary/aromatic N) is 8. The van der Waals surface area contributed by atoms with Gasteiger partial charge in [-0.05, 0) is 75.6 Å². The van der Waals surface area contributed by atoms with Gasteiger partial charge in [0.2, 0.25) is 11.8 Å². The first-order valence-corrected chi connectivity index (χ1v) is 19.7. The van der Waals surface area contributed by atoms with E-state index in [2.05, 4.69) is 68.9 Å². The van der Waals surface area contributed by atoms with Crippen molar-refractivity contribution >= 4 is 39.3 Å². The summed E-state index contributed by atoms with van der Waals surface area (Å²) < 4.78 is 17.8. The summed E-state index contributed by atoms with van der Waals surface area (Å²) in [5, 5.41) is 24.3. The Morgan fingerprint density at radius 3 is 2.40 bits per heavy atom. The maximum Gasteiger partial charge on any atom is 0.236 e. The van der Waals surface area contributed by atoms with Gasteiger partial charge in [0.25, 0.3) is 0 Å². The van der Waals surface area contributed by atoms with E-state index in [9.17, 15) is 5.11 Å². The zero-order valence-electron chi connectivity index (χ0n) is 28.6. The van der Waals surface area contributed by atoms with Crippen LogP contribution in [0.25, 0.3) is 22.2 Å². The number of pyridine rings is 1. The molecule has 0 amide bonds. The zero-order valence-corrected chi connectivity index (χ0v) is 31.8. The fraction of sp³-hybridized carbons (Fsp3) is 0.562. The molecule has 0 aliphatic rings. The highest BCUT2D eigenvalue weighted by molar-refractivity contribution is 14.2. The number of ether oxygens (including phenoxy) is 2. The molecule has 0 spiro atoms. The molecular weight excluding hydrogens is 702 g/mol. The topological polar surface area (TPSA) is 108 Å². The Balaban J connectivity index is 0.00000169. The molecule has 0 bridgehead atoms. The second-order valence-electron chi connectivity index (χ2n) is 10.2. The quantitative estimate of drug-likeness (QED) is 0.0933. The molecule has 45 heavy (non-hydrogen) atoms. The van der Waals surface area contributed by atoms with Crippen LogP contribution in [0.3, 0.4) is 0 Å². The van der Waals surface area contributed by atoms with E-state index in [-0.39, 0.29) is 18.8 Å². The highest BCUT2D eigenvalue weighted by Gasteiger charge is 2.25. The van der Waals surface area contributed by atoms with Crippen molar-refractivity contribution in [1.82, 2.24) is 39.0 Å². The summed E-state index contributed by atoms with van der Waals surface area (Å²) in [6.45, 7) is 22.6. The van der Waals surface area contributed by atoms with E-state index >= 15 is 0 Å². The summed E-state index contributed by atoms with van der Waals surface area (Å²) in [6, 6.07) is 2.22. The van der Waals surface area contributed by atoms with Crippen LogP contribution >= 0.6 is 28.4 Å². The molecule has 248 valence electrons. The highest BCUT2D eigenvalue weighted by atomic mass is 127. The van der Waals surface area contributed by atoms with Gasteiger partial charge >= 0.3 is 0 Å². The second kappa shape index (κ2) is 18.4. The largest absolute Gasteiger partial charge is 0.477 e. The molecule has 13 heteroatoms. The number of hydrogen-bond acceptors (Lipinski definition) is 8. The number of fused-ring (bicyclic) bond motifs is 1. The molecule has 0 aliphatic heterocycles. The highest BCUT2D eigenvalue weighted by Crippen LogP contribution is 2.36. The Morgan fingerprint density at radius 2 is 1.82 bits per heavy atom. The summed E-state index contributed by atoms with van der Waals surface area (Å²) in [5.41, 5.74) is 5.91. The van der Waals surface area contributed by atoms with Crippen LogP contribution in [-0.2, 0) is 20.1 Å². The molecule has 1 unspecified atom stereocenters. The SMILES string of the molecule is C#Cc1nn(PI)c2cnc(-c3c(C)nn(C)c3O[C@H](C)CN(Cc3c(C)c(OCC)nn3CCO)C(C)C)cc12.CC.CC. The average molecular weight is 753 g/mol. The minimum atomic E-state index is -0.167. The predicted octanol–water partition coefficient (Wildman–Crippen LogP) is 6.54. The standard InChI is InChI=1S/C28H38IN8O3P.2C2H6/c1-9-22-21-13-23(30-14-24(21)37(32-22)41-29)26-20(7)31-34(8)28(26)40-18(5)15-35(17(3)4)16-25-19(6)27(39-10-2)33-36(25)11-12-38;2*1-2/h1,13-14,17-18,38,41H,10-12,15-16H2,2-8H3;2*1-2H3/t18-;;/m1../s1. The molecule has 4 aromatic rings. The molecule has 4 heterocycles. The molecule has 4 aromatic heterocycles. The summed E-state index contributed by atoms with van der Waals surface area (Å²) in [4.78, 5) is 7.10. The van der Waals surface area contributed by atoms with Gasteiger partial charge in [-0.1, -0.05) is 27.7 Å². The molecule has 0 radical (unpaired) electrons. The lowest BCUT2D eigenvalue weighted by molar-refractivity contribution is 0.109. The third kappa shape index (κ3) is 8.97. The number of aliphatic hydroxyl groups is 1. The minimum Gasteiger partial charge on any atom is -0.477 e. The maximum absolute atomic E-state index is 9.61. The number of halogens is 1. The van der Waals surface area contributed by atoms with Gasteiger partial charge in [0.05, 0.1) is 60.5 Å². The molecular formula is C32H50IN8O3P. The van der Waals surface area contributed by atoms with Crippen LogP contribution in [0.2, 0.25) is 0 Å². The van der Waals surface area contributed by atoms with Crippen LogP contribution in [-0.4, -0.2) is 76.0 Å². The van der Waals surface area contributed by atoms with Crippen LogP contribution < -0.4 is 9.47 Å². The summed E-state index contributed by atoms with van der Waals surface area (Å²) in [6.07, 6.45) is 7.83. The van der Waals surface area contributed by atoms with E-state index in [0.717, 1.165) is 39.1 Å². The van der Waals surface area contributed by atoms with E-state index in [1.165, 1.54) is 0 Å². The van der Waals surface area contributed by atoms with Crippen LogP contribution in [0.4, 0.5) is 0 Å². The Hall–Kier alpha value is -2.72. The van der Waals surface area contributed by atoms with Gasteiger partial charge in [-0.15, -0.1) is 11.5 Å². The molecule has 0 saturated carbocycles. The molecule has 1 N–H and O–H groups in total. The minimum absolute atomic E-state index is 0.00536. The number of hydrogen-bond donors (Lipinski definition) is 1. The fourth-order valence-corrected chi connectivity index (χ4v) is 6.42. The lowest BCUT2D eigenvalue weighted by atomic mass is 10.1. The molecule has 11 nitrogen and oxygen atoms in total. The smallest absolute Gasteiger partial charge is 0.236 e. The van der Waals surface area contributed by atoms with Crippen LogP contribution in [0.15, 0.2) is 12.3 Å². The van der Waals surface area contributed by atoms with Gasteiger partial charge in [-0.25, -0.2) is 9.13 Å². The zero-order chi connectivity index (χ0) is 33.8. The normalized spacial score (nSPS) is 11.9. The summed E-state index contributed by atoms with van der Waals surface area (Å²) in [5.74, 6) is 3.96. The summed E-state index contributed by atoms with van der Waals surface area (Å²) in [7, 11) is 1.88. The van der Waals surface area contributed by atoms with Crippen molar-refractivity contribution in [2.75, 3.05) is 19.8 Å². The Kier molecular flexibility index (Phi) is 15.8. The monoisotopic (exact) mass is 752 g/mol. The van der Waals surface area contributed by atoms with Crippen LogP contribution in [0.1, 0.15) is 78.0 Å². The molecule has 2 atom stereocenters. The van der Waals surface area contributed by atoms with Gasteiger partial charge in [0, 0.05) is 37.1 Å². The fourth-order valence-electron chi connectivity index (χ4n) is 4.91. The number of aliphatic hydroxyl groups excluding tert-OH is 1. The van der Waals surface area contributed by atoms with Crippen molar-refractivity contribution in [2.45, 2.75) is 94.5 Å². The summed E-state index contributed by atoms with van der Waals surface area (Å²) >= 11 is 2.28. The molecule has 0 aromatic carbocycles. The van der Waals surface area contributed by atoms with E-state index < -0.39 is 0 Å². The average Bonchev–Trinajstić information content (AvgIpc) is 3.64. The van der Waals surface area contributed by atoms with E-state index in [1.54, 1.807) is 4.68 Å². The number of terminal acetylenes is 1. The van der Waals surface area contributed by atoms with Gasteiger partial charge in [-0.3, -0.25) is 14.6 Å². The number of rotatable bonds is 13. The predicted molar refractivity (Wildman–Crippen MR) is 194 cm³/mol. The third-order valence-electron chi connectivity index (χ3n) is 6.97. The Morgan fingerprint density at radius 1 is 1.13 bits per heavy atom. The Labute approximate surface area is 283 Å². The van der Waals surface area contributed by atoms with Gasteiger partial charge < -0.3 is 14.6 Å². The van der Waals surface area contributed by atoms with Crippen molar-refractivity contribution < 1.29 is 14.6 Å². The molecule has 0 saturated heterocycles. The molecule has 4 rings (SSSR count). The van der Waals surface area contributed by atoms with Crippen molar-refractivity contribution in [1.29, 1.82) is 0 Å². The Bertz CT molecular complexity index is 1560. The van der Waals surface area contributed by atoms with E-state index in [1.807, 2.05) is 76.9 Å². The number of aromatic nitrogens is 7. The van der Waals surface area contributed by atoms with Crippen molar-refractivity contribution in [3.05, 3.63) is 34.9 Å². The van der Waals surface area contributed by atoms with Crippen molar-refractivity contribution in [3.63, 3.8) is 0 Å². The molecule has 0 fully saturated rings. The van der Waals surface area contributed by atoms with Gasteiger partial charge in [0.15, 0.2) is 0 Å². The molecule has 0 aliphatic carbocycles. The second-order valence-corrected chi connectivity index (χ2v) is 12.2. The third-order valence-corrected chi connectivity index (χ3v) is 8.84. The first-order chi connectivity index (χ1) is 21.6. The number of aryl methyl sites for hydroxylation is 2. The van der Waals surface area contributed by atoms with Crippen LogP contribution in [0, 0.1) is 26.2 Å². The first kappa shape index (κ1) is 38.5. The van der Waals surface area contributed by atoms with E-state index in [4.69, 9.17) is 20.9 Å². The first-order valence-electron chi connectivity index (χ1n) is 15.6. The lowest BCUT2D eigenvalue weighted by Crippen LogP contribution is -2.39. The van der Waals surface area contributed by atoms with Gasteiger partial charge in [0.1, 0.15) is 11.8 Å². The van der Waals surface area contributed by atoms with Crippen molar-refractivity contribution in [3.8, 4) is 35.4 Å². The van der Waals surface area contributed by atoms with E-state index in [0.29, 0.717) is 50.1 Å². The van der Waals surface area contributed by atoms with Crippen molar-refractivity contribution in [2.24, 2.45) is 7.05 Å². The van der Waals surface area contributed by atoms with Gasteiger partial charge in [-0.2, -0.15) is 10.2 Å². The maximum atomic E-state index is 9.61. The van der Waals surface area contributed by atoms with Crippen LogP contribution in [0.5, 0.6) is 11.8 Å². The lowest BCUT2D eigenvalue weighted by Gasteiger charge is -2.30.